The predicted molar refractivity (Wildman–Crippen MR) is 82.7 cm³/mol. The fraction of sp³-hybridized carbons (Fsp3) is 0.375. The van der Waals surface area contributed by atoms with E-state index in [0.717, 1.165) is 16.7 Å². The van der Waals surface area contributed by atoms with Crippen LogP contribution in [0.1, 0.15) is 23.8 Å². The third-order valence-corrected chi connectivity index (χ3v) is 4.01. The van der Waals surface area contributed by atoms with Crippen LogP contribution in [0, 0.1) is 5.92 Å². The Bertz CT molecular complexity index is 722. The number of carbonyl (C=O) groups is 2. The minimum absolute atomic E-state index is 0.0992. The third-order valence-electron chi connectivity index (χ3n) is 4.01. The Morgan fingerprint density at radius 2 is 2.23 bits per heavy atom. The number of nitrogens with zero attached hydrogens (tertiary/aromatic N) is 1. The number of carbonyl (C=O) groups excluding carboxylic acids is 2. The summed E-state index contributed by atoms with van der Waals surface area (Å²) in [5, 5.41) is 0.956. The SMILES string of the molecule is CCOc1ccc2cc(C(=O)N3CC[C@H](C(N)=O)C3)[nH]c2c1. The number of likely N-dealkylation sites (tertiary alicyclic amines) is 1. The highest BCUT2D eigenvalue weighted by molar-refractivity contribution is 5.98. The summed E-state index contributed by atoms with van der Waals surface area (Å²) in [6.07, 6.45) is 0.635. The lowest BCUT2D eigenvalue weighted by molar-refractivity contribution is -0.121. The number of amides is 2. The Morgan fingerprint density at radius 1 is 1.41 bits per heavy atom. The van der Waals surface area contributed by atoms with Crippen LogP contribution in [0.5, 0.6) is 5.75 Å². The molecule has 6 heteroatoms. The zero-order valence-electron chi connectivity index (χ0n) is 12.5. The van der Waals surface area contributed by atoms with Gasteiger partial charge in [-0.25, -0.2) is 0 Å². The zero-order valence-corrected chi connectivity index (χ0v) is 12.5. The van der Waals surface area contributed by atoms with Gasteiger partial charge in [-0.2, -0.15) is 0 Å². The summed E-state index contributed by atoms with van der Waals surface area (Å²) in [4.78, 5) is 28.5. The molecule has 116 valence electrons. The van der Waals surface area contributed by atoms with E-state index in [1.165, 1.54) is 0 Å². The van der Waals surface area contributed by atoms with Crippen molar-refractivity contribution in [1.82, 2.24) is 9.88 Å². The maximum absolute atomic E-state index is 12.5. The number of hydrogen-bond acceptors (Lipinski definition) is 3. The number of hydrogen-bond donors (Lipinski definition) is 2. The van der Waals surface area contributed by atoms with Crippen LogP contribution in [-0.2, 0) is 4.79 Å². The van der Waals surface area contributed by atoms with Crippen molar-refractivity contribution >= 4 is 22.7 Å². The van der Waals surface area contributed by atoms with Gasteiger partial charge in [0.15, 0.2) is 0 Å². The molecule has 0 aliphatic carbocycles. The first kappa shape index (κ1) is 14.4. The molecule has 3 rings (SSSR count). The van der Waals surface area contributed by atoms with Gasteiger partial charge in [-0.15, -0.1) is 0 Å². The predicted octanol–water partition coefficient (Wildman–Crippen LogP) is 1.51. The largest absolute Gasteiger partial charge is 0.494 e. The van der Waals surface area contributed by atoms with Crippen LogP contribution in [-0.4, -0.2) is 41.4 Å². The van der Waals surface area contributed by atoms with Gasteiger partial charge < -0.3 is 20.4 Å². The standard InChI is InChI=1S/C16H19N3O3/c1-2-22-12-4-3-10-7-14(18-13(10)8-12)16(21)19-6-5-11(9-19)15(17)20/h3-4,7-8,11,18H,2,5-6,9H2,1H3,(H2,17,20)/t11-/m0/s1. The molecule has 2 heterocycles. The van der Waals surface area contributed by atoms with Gasteiger partial charge in [0.05, 0.1) is 12.5 Å². The summed E-state index contributed by atoms with van der Waals surface area (Å²) in [6, 6.07) is 7.51. The first-order valence-electron chi connectivity index (χ1n) is 7.42. The first-order valence-corrected chi connectivity index (χ1v) is 7.42. The van der Waals surface area contributed by atoms with E-state index >= 15 is 0 Å². The van der Waals surface area contributed by atoms with E-state index in [1.54, 1.807) is 4.90 Å². The monoisotopic (exact) mass is 301 g/mol. The van der Waals surface area contributed by atoms with Gasteiger partial charge in [0.2, 0.25) is 5.91 Å². The maximum atomic E-state index is 12.5. The number of rotatable bonds is 4. The molecule has 1 aliphatic rings. The Balaban J connectivity index is 1.81. The molecule has 0 radical (unpaired) electrons. The Kier molecular flexibility index (Phi) is 3.75. The molecular formula is C16H19N3O3. The van der Waals surface area contributed by atoms with E-state index in [9.17, 15) is 9.59 Å². The minimum Gasteiger partial charge on any atom is -0.494 e. The van der Waals surface area contributed by atoms with E-state index in [-0.39, 0.29) is 17.7 Å². The lowest BCUT2D eigenvalue weighted by Crippen LogP contribution is -2.31. The molecular weight excluding hydrogens is 282 g/mol. The van der Waals surface area contributed by atoms with Crippen LogP contribution < -0.4 is 10.5 Å². The molecule has 1 atom stereocenters. The second-order valence-corrected chi connectivity index (χ2v) is 5.50. The molecule has 2 aromatic rings. The van der Waals surface area contributed by atoms with Gasteiger partial charge in [0.25, 0.3) is 5.91 Å². The van der Waals surface area contributed by atoms with E-state index in [0.29, 0.717) is 31.8 Å². The molecule has 1 saturated heterocycles. The molecule has 0 spiro atoms. The highest BCUT2D eigenvalue weighted by Crippen LogP contribution is 2.24. The van der Waals surface area contributed by atoms with Crippen molar-refractivity contribution in [3.05, 3.63) is 30.0 Å². The van der Waals surface area contributed by atoms with Gasteiger partial charge in [-0.1, -0.05) is 0 Å². The Labute approximate surface area is 128 Å². The van der Waals surface area contributed by atoms with E-state index in [1.807, 2.05) is 31.2 Å². The van der Waals surface area contributed by atoms with Crippen LogP contribution in [0.2, 0.25) is 0 Å². The number of benzene rings is 1. The second-order valence-electron chi connectivity index (χ2n) is 5.50. The van der Waals surface area contributed by atoms with Gasteiger partial charge in [-0.3, -0.25) is 9.59 Å². The lowest BCUT2D eigenvalue weighted by Gasteiger charge is -2.14. The zero-order chi connectivity index (χ0) is 15.7. The van der Waals surface area contributed by atoms with Gasteiger partial charge in [0.1, 0.15) is 11.4 Å². The number of primary amides is 1. The lowest BCUT2D eigenvalue weighted by atomic mass is 10.1. The van der Waals surface area contributed by atoms with Gasteiger partial charge >= 0.3 is 0 Å². The number of nitrogens with two attached hydrogens (primary N) is 1. The summed E-state index contributed by atoms with van der Waals surface area (Å²) >= 11 is 0. The molecule has 3 N–H and O–H groups in total. The summed E-state index contributed by atoms with van der Waals surface area (Å²) in [5.41, 5.74) is 6.69. The molecule has 1 aromatic carbocycles. The van der Waals surface area contributed by atoms with Gasteiger partial charge in [-0.05, 0) is 31.5 Å². The van der Waals surface area contributed by atoms with E-state index in [4.69, 9.17) is 10.5 Å². The molecule has 1 aromatic heterocycles. The highest BCUT2D eigenvalue weighted by atomic mass is 16.5. The summed E-state index contributed by atoms with van der Waals surface area (Å²) < 4.78 is 5.46. The summed E-state index contributed by atoms with van der Waals surface area (Å²) in [5.74, 6) is 0.0925. The third kappa shape index (κ3) is 2.64. The number of H-pyrrole nitrogens is 1. The molecule has 0 unspecified atom stereocenters. The molecule has 2 amide bonds. The molecule has 6 nitrogen and oxygen atoms in total. The number of aromatic nitrogens is 1. The number of fused-ring (bicyclic) bond motifs is 1. The average molecular weight is 301 g/mol. The van der Waals surface area contributed by atoms with Crippen molar-refractivity contribution in [1.29, 1.82) is 0 Å². The molecule has 0 bridgehead atoms. The second kappa shape index (κ2) is 5.71. The van der Waals surface area contributed by atoms with Crippen molar-refractivity contribution in [2.45, 2.75) is 13.3 Å². The number of nitrogens with one attached hydrogen (secondary N) is 1. The Hall–Kier alpha value is -2.50. The molecule has 1 fully saturated rings. The smallest absolute Gasteiger partial charge is 0.270 e. The summed E-state index contributed by atoms with van der Waals surface area (Å²) in [6.45, 7) is 3.48. The minimum atomic E-state index is -0.340. The van der Waals surface area contributed by atoms with E-state index < -0.39 is 0 Å². The Morgan fingerprint density at radius 3 is 2.91 bits per heavy atom. The molecule has 0 saturated carbocycles. The van der Waals surface area contributed by atoms with Crippen LogP contribution in [0.15, 0.2) is 24.3 Å². The van der Waals surface area contributed by atoms with Crippen molar-refractivity contribution < 1.29 is 14.3 Å². The van der Waals surface area contributed by atoms with Crippen molar-refractivity contribution in [2.75, 3.05) is 19.7 Å². The van der Waals surface area contributed by atoms with Crippen LogP contribution >= 0.6 is 0 Å². The maximum Gasteiger partial charge on any atom is 0.270 e. The molecule has 1 aliphatic heterocycles. The van der Waals surface area contributed by atoms with Crippen molar-refractivity contribution in [3.63, 3.8) is 0 Å². The fourth-order valence-corrected chi connectivity index (χ4v) is 2.83. The topological polar surface area (TPSA) is 88.4 Å². The number of ether oxygens (including phenoxy) is 1. The van der Waals surface area contributed by atoms with Gasteiger partial charge in [0, 0.05) is 30.1 Å². The normalized spacial score (nSPS) is 17.9. The quantitative estimate of drug-likeness (QED) is 0.897. The van der Waals surface area contributed by atoms with Crippen molar-refractivity contribution in [3.8, 4) is 5.75 Å². The fourth-order valence-electron chi connectivity index (χ4n) is 2.83. The molecule has 22 heavy (non-hydrogen) atoms. The van der Waals surface area contributed by atoms with Crippen LogP contribution in [0.4, 0.5) is 0 Å². The first-order chi connectivity index (χ1) is 10.6. The summed E-state index contributed by atoms with van der Waals surface area (Å²) in [7, 11) is 0. The van der Waals surface area contributed by atoms with Crippen LogP contribution in [0.3, 0.4) is 0 Å². The average Bonchev–Trinajstić information content (AvgIpc) is 3.13. The number of aromatic amines is 1. The van der Waals surface area contributed by atoms with Crippen molar-refractivity contribution in [2.24, 2.45) is 11.7 Å². The highest BCUT2D eigenvalue weighted by Gasteiger charge is 2.30. The van der Waals surface area contributed by atoms with E-state index in [2.05, 4.69) is 4.98 Å². The van der Waals surface area contributed by atoms with Crippen LogP contribution in [0.25, 0.3) is 10.9 Å².